The van der Waals surface area contributed by atoms with E-state index in [0.717, 1.165) is 39.2 Å². The molecule has 0 bridgehead atoms. The minimum atomic E-state index is -0.123. The molecule has 8 aromatic carbocycles. The molecule has 4 nitrogen and oxygen atoms in total. The Morgan fingerprint density at radius 1 is 0.421 bits per heavy atom. The van der Waals surface area contributed by atoms with E-state index in [0.29, 0.717) is 0 Å². The molecule has 1 aliphatic carbocycles. The lowest BCUT2D eigenvalue weighted by molar-refractivity contribution is 0.660. The van der Waals surface area contributed by atoms with E-state index in [9.17, 15) is 0 Å². The number of rotatable bonds is 3. The first-order chi connectivity index (χ1) is 28.0. The van der Waals surface area contributed by atoms with Crippen LogP contribution < -0.4 is 0 Å². The first-order valence-electron chi connectivity index (χ1n) is 19.8. The quantitative estimate of drug-likeness (QED) is 0.182. The predicted molar refractivity (Wildman–Crippen MR) is 237 cm³/mol. The van der Waals surface area contributed by atoms with Crippen molar-refractivity contribution < 1.29 is 0 Å². The number of para-hydroxylation sites is 4. The second-order valence-electron chi connectivity index (χ2n) is 16.2. The van der Waals surface area contributed by atoms with Crippen LogP contribution in [0.25, 0.3) is 110 Å². The van der Waals surface area contributed by atoms with Crippen LogP contribution in [0.2, 0.25) is 0 Å². The standard InChI is InChI=1S/C53H34N4/c1-53(2)40-20-5-3-15-34(40)35-28-27-32(30-41(35)53)51-50(54-42-21-6-7-22-43(42)55-51)31-13-9-14-33(29-31)56-45-24-11-17-37-39-19-10-18-38-36-16-4-8-23-44(36)57(52(38)39)47-26-12-25-46(56)49(47)48(37)45/h3-30H,1-2H3. The van der Waals surface area contributed by atoms with Gasteiger partial charge in [-0.05, 0) is 82.2 Å². The van der Waals surface area contributed by atoms with Gasteiger partial charge in [0.15, 0.2) is 0 Å². The average Bonchev–Trinajstić information content (AvgIpc) is 3.83. The second kappa shape index (κ2) is 10.9. The summed E-state index contributed by atoms with van der Waals surface area (Å²) >= 11 is 0. The van der Waals surface area contributed by atoms with Crippen LogP contribution in [0.1, 0.15) is 25.0 Å². The van der Waals surface area contributed by atoms with E-state index in [4.69, 9.17) is 9.97 Å². The highest BCUT2D eigenvalue weighted by Gasteiger charge is 2.35. The Balaban J connectivity index is 1.07. The molecule has 0 spiro atoms. The summed E-state index contributed by atoms with van der Waals surface area (Å²) in [6, 6.07) is 62.0. The number of hydrogen-bond acceptors (Lipinski definition) is 2. The van der Waals surface area contributed by atoms with Gasteiger partial charge in [-0.15, -0.1) is 0 Å². The van der Waals surface area contributed by atoms with Gasteiger partial charge in [-0.2, -0.15) is 0 Å². The summed E-state index contributed by atoms with van der Waals surface area (Å²) in [6.07, 6.45) is 0. The molecule has 0 unspecified atom stereocenters. The highest BCUT2D eigenvalue weighted by atomic mass is 15.0. The molecule has 12 aromatic rings. The van der Waals surface area contributed by atoms with Crippen LogP contribution in [0.3, 0.4) is 0 Å². The number of benzene rings is 8. The van der Waals surface area contributed by atoms with E-state index >= 15 is 0 Å². The van der Waals surface area contributed by atoms with Gasteiger partial charge in [-0.3, -0.25) is 0 Å². The fraction of sp³-hybridized carbons (Fsp3) is 0.0566. The van der Waals surface area contributed by atoms with Gasteiger partial charge in [-0.25, -0.2) is 9.97 Å². The summed E-state index contributed by atoms with van der Waals surface area (Å²) in [6.45, 7) is 4.67. The Bertz CT molecular complexity index is 3670. The molecule has 0 saturated carbocycles. The van der Waals surface area contributed by atoms with Crippen molar-refractivity contribution in [3.8, 4) is 39.3 Å². The van der Waals surface area contributed by atoms with Gasteiger partial charge in [0.25, 0.3) is 0 Å². The number of hydrogen-bond donors (Lipinski definition) is 0. The average molecular weight is 727 g/mol. The number of nitrogens with zero attached hydrogens (tertiary/aromatic N) is 4. The molecule has 13 rings (SSSR count). The zero-order valence-corrected chi connectivity index (χ0v) is 31.5. The van der Waals surface area contributed by atoms with Crippen LogP contribution >= 0.6 is 0 Å². The summed E-state index contributed by atoms with van der Waals surface area (Å²) < 4.78 is 4.94. The molecular weight excluding hydrogens is 693 g/mol. The van der Waals surface area contributed by atoms with Crippen molar-refractivity contribution in [2.75, 3.05) is 0 Å². The highest BCUT2D eigenvalue weighted by molar-refractivity contribution is 6.31. The lowest BCUT2D eigenvalue weighted by Crippen LogP contribution is -2.15. The molecule has 4 heterocycles. The van der Waals surface area contributed by atoms with Gasteiger partial charge in [0.1, 0.15) is 0 Å². The third-order valence-corrected chi connectivity index (χ3v) is 12.8. The summed E-state index contributed by atoms with van der Waals surface area (Å²) in [5, 5.41) is 7.62. The monoisotopic (exact) mass is 726 g/mol. The smallest absolute Gasteiger partial charge is 0.0973 e. The van der Waals surface area contributed by atoms with Crippen LogP contribution in [-0.4, -0.2) is 18.9 Å². The van der Waals surface area contributed by atoms with Crippen LogP contribution in [0, 0.1) is 0 Å². The molecule has 0 aliphatic heterocycles. The summed E-state index contributed by atoms with van der Waals surface area (Å²) in [5.41, 5.74) is 18.0. The Kier molecular flexibility index (Phi) is 5.94. The minimum Gasteiger partial charge on any atom is -0.309 e. The Labute approximate surface area is 328 Å². The molecule has 266 valence electrons. The van der Waals surface area contributed by atoms with Crippen molar-refractivity contribution in [1.29, 1.82) is 0 Å². The van der Waals surface area contributed by atoms with Gasteiger partial charge < -0.3 is 8.97 Å². The van der Waals surface area contributed by atoms with Gasteiger partial charge in [0.2, 0.25) is 0 Å². The third kappa shape index (κ3) is 4.01. The molecule has 0 fully saturated rings. The fourth-order valence-corrected chi connectivity index (χ4v) is 10.3. The maximum Gasteiger partial charge on any atom is 0.0973 e. The van der Waals surface area contributed by atoms with E-state index in [1.807, 2.05) is 12.1 Å². The summed E-state index contributed by atoms with van der Waals surface area (Å²) in [4.78, 5) is 10.7. The molecule has 0 N–H and O–H groups in total. The number of aromatic nitrogens is 4. The summed E-state index contributed by atoms with van der Waals surface area (Å²) in [7, 11) is 0. The zero-order chi connectivity index (χ0) is 37.6. The van der Waals surface area contributed by atoms with Crippen LogP contribution in [-0.2, 0) is 5.41 Å². The lowest BCUT2D eigenvalue weighted by atomic mass is 9.81. The molecule has 1 aliphatic rings. The van der Waals surface area contributed by atoms with E-state index in [2.05, 4.69) is 181 Å². The molecule has 0 radical (unpaired) electrons. The molecule has 57 heavy (non-hydrogen) atoms. The van der Waals surface area contributed by atoms with E-state index in [-0.39, 0.29) is 5.41 Å². The van der Waals surface area contributed by atoms with Crippen molar-refractivity contribution in [3.63, 3.8) is 0 Å². The number of fused-ring (bicyclic) bond motifs is 9. The SMILES string of the molecule is CC1(C)c2ccccc2-c2ccc(-c3nc4ccccc4nc3-c3cccc(-n4c5cccc6c7cccc8c9ccccc9n(c9cccc4c9c65)c78)c3)cc21. The van der Waals surface area contributed by atoms with Gasteiger partial charge in [0.05, 0.1) is 50.0 Å². The molecule has 4 aromatic heterocycles. The van der Waals surface area contributed by atoms with Gasteiger partial charge >= 0.3 is 0 Å². The molecular formula is C53H34N4. The van der Waals surface area contributed by atoms with Crippen LogP contribution in [0.5, 0.6) is 0 Å². The molecule has 0 saturated heterocycles. The first kappa shape index (κ1) is 31.0. The Morgan fingerprint density at radius 2 is 1.00 bits per heavy atom. The fourth-order valence-electron chi connectivity index (χ4n) is 10.3. The highest BCUT2D eigenvalue weighted by Crippen LogP contribution is 2.50. The minimum absolute atomic E-state index is 0.123. The van der Waals surface area contributed by atoms with E-state index < -0.39 is 0 Å². The van der Waals surface area contributed by atoms with Gasteiger partial charge in [-0.1, -0.05) is 129 Å². The molecule has 0 amide bonds. The van der Waals surface area contributed by atoms with E-state index in [1.54, 1.807) is 0 Å². The van der Waals surface area contributed by atoms with Crippen molar-refractivity contribution >= 4 is 70.9 Å². The van der Waals surface area contributed by atoms with Crippen molar-refractivity contribution in [1.82, 2.24) is 18.9 Å². The largest absolute Gasteiger partial charge is 0.309 e. The molecule has 0 atom stereocenters. The van der Waals surface area contributed by atoms with Crippen molar-refractivity contribution in [3.05, 3.63) is 181 Å². The second-order valence-corrected chi connectivity index (χ2v) is 16.2. The first-order valence-corrected chi connectivity index (χ1v) is 19.8. The Hall–Kier alpha value is -7.30. The van der Waals surface area contributed by atoms with Crippen LogP contribution in [0.4, 0.5) is 0 Å². The Morgan fingerprint density at radius 3 is 1.84 bits per heavy atom. The van der Waals surface area contributed by atoms with Crippen molar-refractivity contribution in [2.45, 2.75) is 19.3 Å². The molecule has 4 heteroatoms. The zero-order valence-electron chi connectivity index (χ0n) is 31.5. The topological polar surface area (TPSA) is 35.1 Å². The summed E-state index contributed by atoms with van der Waals surface area (Å²) in [5.74, 6) is 0. The maximum absolute atomic E-state index is 5.38. The third-order valence-electron chi connectivity index (χ3n) is 12.8. The lowest BCUT2D eigenvalue weighted by Gasteiger charge is -2.22. The maximum atomic E-state index is 5.38. The predicted octanol–water partition coefficient (Wildman–Crippen LogP) is 13.5. The van der Waals surface area contributed by atoms with Crippen LogP contribution in [0.15, 0.2) is 170 Å². The van der Waals surface area contributed by atoms with E-state index in [1.165, 1.54) is 82.2 Å². The van der Waals surface area contributed by atoms with Gasteiger partial charge in [0, 0.05) is 49.2 Å². The van der Waals surface area contributed by atoms with Crippen molar-refractivity contribution in [2.24, 2.45) is 0 Å². The normalized spacial score (nSPS) is 13.6.